The van der Waals surface area contributed by atoms with Crippen molar-refractivity contribution in [2.75, 3.05) is 4.90 Å². The minimum atomic E-state index is -0.409. The van der Waals surface area contributed by atoms with Crippen LogP contribution in [0.4, 0.5) is 17.2 Å². The largest absolute Gasteiger partial charge is 0.507 e. The molecule has 0 radical (unpaired) electrons. The van der Waals surface area contributed by atoms with Crippen LogP contribution in [0.1, 0.15) is 79.3 Å². The van der Waals surface area contributed by atoms with Crippen LogP contribution in [0.25, 0.3) is 45.0 Å². The minimum absolute atomic E-state index is 0. The monoisotopic (exact) mass is 931 g/mol. The van der Waals surface area contributed by atoms with Gasteiger partial charge in [-0.25, -0.2) is 9.97 Å². The van der Waals surface area contributed by atoms with Gasteiger partial charge in [0, 0.05) is 49.4 Å². The van der Waals surface area contributed by atoms with E-state index >= 15 is 0 Å². The van der Waals surface area contributed by atoms with Crippen LogP contribution in [0.5, 0.6) is 5.75 Å². The molecule has 6 nitrogen and oxygen atoms in total. The van der Waals surface area contributed by atoms with Crippen LogP contribution in [-0.2, 0) is 37.3 Å². The Morgan fingerprint density at radius 3 is 1.67 bits per heavy atom. The summed E-state index contributed by atoms with van der Waals surface area (Å²) in [6.07, 6.45) is 1.82. The van der Waals surface area contributed by atoms with Crippen molar-refractivity contribution in [3.8, 4) is 50.8 Å². The number of anilines is 3. The molecule has 7 aromatic rings. The van der Waals surface area contributed by atoms with Crippen molar-refractivity contribution in [1.29, 1.82) is 0 Å². The van der Waals surface area contributed by atoms with Crippen LogP contribution in [0.15, 0.2) is 134 Å². The van der Waals surface area contributed by atoms with E-state index in [1.165, 1.54) is 0 Å². The third-order valence-corrected chi connectivity index (χ3v) is 9.90. The molecule has 0 unspecified atom stereocenters. The molecule has 2 aromatic heterocycles. The molecule has 0 atom stereocenters. The van der Waals surface area contributed by atoms with Crippen LogP contribution in [-0.4, -0.2) is 25.0 Å². The van der Waals surface area contributed by atoms with Gasteiger partial charge in [0.1, 0.15) is 17.4 Å². The predicted octanol–water partition coefficient (Wildman–Crippen LogP) is 12.8. The maximum atomic E-state index is 11.9. The summed E-state index contributed by atoms with van der Waals surface area (Å²) in [5.74, 6) is 2.45. The SMILES string of the molecule is CC(C)(C)c1cc(-c2nc(-c3[c-]c(N(c4ccccn4)c4c(-c5ccccc5)cccc4-c4ccccc4)ccc3)nc(C(C)(C)C)n2)c(O)c(C(C)(C)C)c1.[Pt]. The van der Waals surface area contributed by atoms with Gasteiger partial charge in [0.2, 0.25) is 0 Å². The normalized spacial score (nSPS) is 11.9. The van der Waals surface area contributed by atoms with Crippen molar-refractivity contribution in [1.82, 2.24) is 19.9 Å². The number of para-hydroxylation sites is 1. The topological polar surface area (TPSA) is 75.0 Å². The molecule has 0 aliphatic heterocycles. The van der Waals surface area contributed by atoms with E-state index in [-0.39, 0.29) is 37.6 Å². The molecular formula is C50H50N5OPt-. The number of hydrogen-bond acceptors (Lipinski definition) is 6. The molecule has 292 valence electrons. The fourth-order valence-electron chi connectivity index (χ4n) is 6.81. The van der Waals surface area contributed by atoms with Gasteiger partial charge in [0.15, 0.2) is 5.82 Å². The summed E-state index contributed by atoms with van der Waals surface area (Å²) < 4.78 is 0. The fourth-order valence-corrected chi connectivity index (χ4v) is 6.81. The second-order valence-electron chi connectivity index (χ2n) is 17.4. The molecule has 0 bridgehead atoms. The van der Waals surface area contributed by atoms with Gasteiger partial charge in [-0.3, -0.25) is 9.97 Å². The van der Waals surface area contributed by atoms with Crippen LogP contribution in [0.3, 0.4) is 0 Å². The first-order valence-corrected chi connectivity index (χ1v) is 19.2. The Hall–Kier alpha value is -5.45. The van der Waals surface area contributed by atoms with Crippen LogP contribution in [0.2, 0.25) is 0 Å². The van der Waals surface area contributed by atoms with Gasteiger partial charge in [-0.05, 0) is 51.4 Å². The number of aromatic hydroxyl groups is 1. The number of nitrogens with zero attached hydrogens (tertiary/aromatic N) is 5. The molecule has 2 heterocycles. The Labute approximate surface area is 352 Å². The average Bonchev–Trinajstić information content (AvgIpc) is 3.18. The molecule has 57 heavy (non-hydrogen) atoms. The summed E-state index contributed by atoms with van der Waals surface area (Å²) in [7, 11) is 0. The van der Waals surface area contributed by atoms with Crippen molar-refractivity contribution in [3.05, 3.63) is 157 Å². The van der Waals surface area contributed by atoms with E-state index in [1.54, 1.807) is 0 Å². The Morgan fingerprint density at radius 2 is 1.12 bits per heavy atom. The standard InChI is InChI=1S/C50H50N5O.Pt/c1-48(2,3)36-31-40(44(56)41(32-36)49(4,5)6)46-52-45(53-47(54-46)50(7,8)9)35-24-18-25-37(30-35)55(42-28-16-17-29-51-42)43-38(33-20-12-10-13-21-33)26-19-27-39(43)34-22-14-11-15-23-34;/h10-29,31-32,56H,1-9H3;/q-1;. The maximum absolute atomic E-state index is 11.9. The Balaban J connectivity index is 0.00000549. The molecule has 1 N–H and O–H groups in total. The van der Waals surface area contributed by atoms with Crippen molar-refractivity contribution in [2.45, 2.75) is 78.6 Å². The Kier molecular flexibility index (Phi) is 11.7. The number of hydrogen-bond donors (Lipinski definition) is 1. The molecule has 0 saturated carbocycles. The van der Waals surface area contributed by atoms with E-state index in [4.69, 9.17) is 19.9 Å². The summed E-state index contributed by atoms with van der Waals surface area (Å²) in [5.41, 5.74) is 8.36. The van der Waals surface area contributed by atoms with Gasteiger partial charge in [0.05, 0.1) is 17.1 Å². The number of phenols is 1. The molecule has 0 spiro atoms. The first kappa shape index (κ1) is 41.2. The molecular weight excluding hydrogens is 882 g/mol. The molecule has 7 heteroatoms. The molecule has 0 aliphatic carbocycles. The zero-order valence-electron chi connectivity index (χ0n) is 34.2. The maximum Gasteiger partial charge on any atom is 0.157 e. The summed E-state index contributed by atoms with van der Waals surface area (Å²) in [6, 6.07) is 47.2. The Bertz CT molecular complexity index is 2430. The third kappa shape index (κ3) is 8.77. The average molecular weight is 932 g/mol. The Morgan fingerprint density at radius 1 is 0.544 bits per heavy atom. The summed E-state index contributed by atoms with van der Waals surface area (Å²) in [5, 5.41) is 11.9. The van der Waals surface area contributed by atoms with Gasteiger partial charge in [0.25, 0.3) is 0 Å². The van der Waals surface area contributed by atoms with E-state index in [1.807, 2.05) is 54.7 Å². The third-order valence-electron chi connectivity index (χ3n) is 9.90. The quantitative estimate of drug-likeness (QED) is 0.161. The van der Waals surface area contributed by atoms with E-state index in [0.29, 0.717) is 28.6 Å². The molecule has 0 fully saturated rings. The number of benzene rings is 5. The predicted molar refractivity (Wildman–Crippen MR) is 231 cm³/mol. The summed E-state index contributed by atoms with van der Waals surface area (Å²) in [4.78, 5) is 22.3. The second-order valence-corrected chi connectivity index (χ2v) is 17.4. The van der Waals surface area contributed by atoms with E-state index < -0.39 is 5.41 Å². The molecule has 0 amide bonds. The van der Waals surface area contributed by atoms with Crippen molar-refractivity contribution in [2.24, 2.45) is 0 Å². The van der Waals surface area contributed by atoms with E-state index in [2.05, 4.69) is 152 Å². The van der Waals surface area contributed by atoms with Gasteiger partial charge in [-0.1, -0.05) is 153 Å². The summed E-state index contributed by atoms with van der Waals surface area (Å²) in [6.45, 7) is 19.2. The van der Waals surface area contributed by atoms with Crippen LogP contribution < -0.4 is 4.90 Å². The van der Waals surface area contributed by atoms with Crippen molar-refractivity contribution in [3.63, 3.8) is 0 Å². The van der Waals surface area contributed by atoms with Gasteiger partial charge < -0.3 is 10.0 Å². The van der Waals surface area contributed by atoms with Crippen molar-refractivity contribution >= 4 is 17.2 Å². The van der Waals surface area contributed by atoms with Gasteiger partial charge in [-0.15, -0.1) is 29.8 Å². The minimum Gasteiger partial charge on any atom is -0.507 e. The van der Waals surface area contributed by atoms with E-state index in [0.717, 1.165) is 50.6 Å². The van der Waals surface area contributed by atoms with Gasteiger partial charge >= 0.3 is 0 Å². The van der Waals surface area contributed by atoms with Gasteiger partial charge in [-0.2, -0.15) is 0 Å². The zero-order valence-corrected chi connectivity index (χ0v) is 36.5. The first-order chi connectivity index (χ1) is 26.6. The fraction of sp³-hybridized carbons (Fsp3) is 0.240. The molecule has 7 rings (SSSR count). The number of phenolic OH excluding ortho intramolecular Hbond substituents is 1. The number of rotatable bonds is 7. The summed E-state index contributed by atoms with van der Waals surface area (Å²) >= 11 is 0. The van der Waals surface area contributed by atoms with Crippen LogP contribution in [0, 0.1) is 6.07 Å². The number of aromatic nitrogens is 4. The van der Waals surface area contributed by atoms with Crippen LogP contribution >= 0.6 is 0 Å². The molecule has 0 aliphatic rings. The number of pyridine rings is 1. The van der Waals surface area contributed by atoms with Crippen molar-refractivity contribution < 1.29 is 26.2 Å². The second kappa shape index (κ2) is 16.2. The molecule has 0 saturated heterocycles. The molecule has 5 aromatic carbocycles. The smallest absolute Gasteiger partial charge is 0.157 e. The first-order valence-electron chi connectivity index (χ1n) is 19.2. The zero-order chi connectivity index (χ0) is 39.8. The van der Waals surface area contributed by atoms with E-state index in [9.17, 15) is 5.11 Å².